The molecule has 1 aliphatic rings. The van der Waals surface area contributed by atoms with Crippen LogP contribution in [0.4, 0.5) is 17.5 Å². The lowest BCUT2D eigenvalue weighted by Crippen LogP contribution is -2.31. The van der Waals surface area contributed by atoms with Crippen molar-refractivity contribution < 1.29 is 8.42 Å². The first-order chi connectivity index (χ1) is 12.4. The van der Waals surface area contributed by atoms with E-state index in [1.807, 2.05) is 14.1 Å². The second kappa shape index (κ2) is 7.79. The molecule has 1 aromatic carbocycles. The minimum absolute atomic E-state index is 0.186. The Labute approximate surface area is 162 Å². The summed E-state index contributed by atoms with van der Waals surface area (Å²) in [5.74, 6) is 1.18. The summed E-state index contributed by atoms with van der Waals surface area (Å²) < 4.78 is 28.8. The Morgan fingerprint density at radius 2 is 1.77 bits per heavy atom. The summed E-state index contributed by atoms with van der Waals surface area (Å²) in [5, 5.41) is 0. The number of anilines is 3. The van der Waals surface area contributed by atoms with Gasteiger partial charge in [-0.1, -0.05) is 15.9 Å². The lowest BCUT2D eigenvalue weighted by molar-refractivity contribution is 0.568. The van der Waals surface area contributed by atoms with Crippen molar-refractivity contribution in [1.29, 1.82) is 0 Å². The molecule has 1 aliphatic heterocycles. The molecular weight excluding hydrogens is 418 g/mol. The van der Waals surface area contributed by atoms with Gasteiger partial charge in [0.1, 0.15) is 5.69 Å². The number of piperidine rings is 1. The summed E-state index contributed by atoms with van der Waals surface area (Å²) in [6, 6.07) is 6.48. The lowest BCUT2D eigenvalue weighted by Gasteiger charge is -2.28. The highest BCUT2D eigenvalue weighted by molar-refractivity contribution is 9.10. The smallest absolute Gasteiger partial charge is 0.262 e. The molecular formula is C17H22BrN5O2S. The van der Waals surface area contributed by atoms with E-state index in [1.165, 1.54) is 6.42 Å². The number of nitrogens with one attached hydrogen (secondary N) is 1. The molecule has 26 heavy (non-hydrogen) atoms. The molecule has 0 atom stereocenters. The summed E-state index contributed by atoms with van der Waals surface area (Å²) in [6.45, 7) is 1.85. The number of sulfonamides is 1. The van der Waals surface area contributed by atoms with Crippen LogP contribution in [-0.4, -0.2) is 45.6 Å². The van der Waals surface area contributed by atoms with E-state index in [2.05, 4.69) is 35.5 Å². The molecule has 7 nitrogen and oxygen atoms in total. The van der Waals surface area contributed by atoms with Gasteiger partial charge in [0.2, 0.25) is 5.95 Å². The third-order valence-electron chi connectivity index (χ3n) is 4.19. The number of hydrogen-bond donors (Lipinski definition) is 1. The molecule has 0 saturated carbocycles. The van der Waals surface area contributed by atoms with Gasteiger partial charge in [0, 0.05) is 31.7 Å². The maximum Gasteiger partial charge on any atom is 0.262 e. The minimum Gasteiger partial charge on any atom is -0.361 e. The monoisotopic (exact) mass is 439 g/mol. The highest BCUT2D eigenvalue weighted by Gasteiger charge is 2.20. The number of aromatic nitrogens is 2. The molecule has 1 fully saturated rings. The van der Waals surface area contributed by atoms with Gasteiger partial charge in [-0.2, -0.15) is 4.98 Å². The molecule has 2 heterocycles. The van der Waals surface area contributed by atoms with Crippen molar-refractivity contribution in [3.63, 3.8) is 0 Å². The van der Waals surface area contributed by atoms with Crippen LogP contribution in [0.15, 0.2) is 39.8 Å². The molecule has 0 bridgehead atoms. The average Bonchev–Trinajstić information content (AvgIpc) is 2.62. The van der Waals surface area contributed by atoms with Crippen molar-refractivity contribution in [3.05, 3.63) is 34.9 Å². The van der Waals surface area contributed by atoms with Gasteiger partial charge in [0.05, 0.1) is 11.1 Å². The number of rotatable bonds is 5. The van der Waals surface area contributed by atoms with E-state index in [0.29, 0.717) is 17.5 Å². The molecule has 1 saturated heterocycles. The third-order valence-corrected chi connectivity index (χ3v) is 6.10. The molecule has 3 rings (SSSR count). The maximum absolute atomic E-state index is 12.7. The zero-order chi connectivity index (χ0) is 18.7. The molecule has 9 heteroatoms. The zero-order valence-corrected chi connectivity index (χ0v) is 17.2. The van der Waals surface area contributed by atoms with Crippen LogP contribution >= 0.6 is 15.9 Å². The summed E-state index contributed by atoms with van der Waals surface area (Å²) >= 11 is 3.31. The van der Waals surface area contributed by atoms with Crippen molar-refractivity contribution in [2.24, 2.45) is 0 Å². The summed E-state index contributed by atoms with van der Waals surface area (Å²) in [7, 11) is -0.0488. The Morgan fingerprint density at radius 1 is 1.12 bits per heavy atom. The maximum atomic E-state index is 12.7. The topological polar surface area (TPSA) is 78.4 Å². The molecule has 0 spiro atoms. The van der Waals surface area contributed by atoms with Crippen molar-refractivity contribution in [2.45, 2.75) is 24.2 Å². The van der Waals surface area contributed by atoms with Crippen molar-refractivity contribution in [3.8, 4) is 0 Å². The van der Waals surface area contributed by atoms with Crippen LogP contribution < -0.4 is 14.5 Å². The van der Waals surface area contributed by atoms with Crippen LogP contribution in [0.2, 0.25) is 0 Å². The number of benzene rings is 1. The van der Waals surface area contributed by atoms with Crippen LogP contribution in [0.3, 0.4) is 0 Å². The van der Waals surface area contributed by atoms with E-state index in [9.17, 15) is 8.42 Å². The predicted octanol–water partition coefficient (Wildman–Crippen LogP) is 3.10. The van der Waals surface area contributed by atoms with Crippen molar-refractivity contribution in [2.75, 3.05) is 41.7 Å². The van der Waals surface area contributed by atoms with Crippen LogP contribution in [0, 0.1) is 0 Å². The fourth-order valence-corrected chi connectivity index (χ4v) is 4.15. The van der Waals surface area contributed by atoms with E-state index < -0.39 is 10.0 Å². The number of nitrogens with zero attached hydrogens (tertiary/aromatic N) is 4. The van der Waals surface area contributed by atoms with Crippen LogP contribution in [0.5, 0.6) is 0 Å². The van der Waals surface area contributed by atoms with E-state index in [4.69, 9.17) is 0 Å². The molecule has 0 aliphatic carbocycles. The van der Waals surface area contributed by atoms with Gasteiger partial charge in [0.25, 0.3) is 10.0 Å². The van der Waals surface area contributed by atoms with Gasteiger partial charge in [-0.3, -0.25) is 4.72 Å². The quantitative estimate of drug-likeness (QED) is 0.770. The fourth-order valence-electron chi connectivity index (χ4n) is 2.84. The second-order valence-corrected chi connectivity index (χ2v) is 9.01. The normalized spacial score (nSPS) is 15.0. The van der Waals surface area contributed by atoms with Gasteiger partial charge in [0.15, 0.2) is 5.82 Å². The van der Waals surface area contributed by atoms with Crippen LogP contribution in [-0.2, 0) is 10.0 Å². The average molecular weight is 440 g/mol. The number of hydrogen-bond acceptors (Lipinski definition) is 6. The van der Waals surface area contributed by atoms with Crippen LogP contribution in [0.25, 0.3) is 0 Å². The molecule has 1 aromatic heterocycles. The lowest BCUT2D eigenvalue weighted by atomic mass is 10.1. The Kier molecular flexibility index (Phi) is 5.67. The van der Waals surface area contributed by atoms with E-state index in [1.54, 1.807) is 35.4 Å². The van der Waals surface area contributed by atoms with Gasteiger partial charge >= 0.3 is 0 Å². The van der Waals surface area contributed by atoms with Gasteiger partial charge < -0.3 is 9.80 Å². The first-order valence-electron chi connectivity index (χ1n) is 8.44. The molecule has 0 unspecified atom stereocenters. The van der Waals surface area contributed by atoms with Crippen LogP contribution in [0.1, 0.15) is 19.3 Å². The SMILES string of the molecule is CN(C)c1nc(N2CCCCC2)ncc1NS(=O)(=O)c1ccc(Br)cc1. The molecule has 0 amide bonds. The summed E-state index contributed by atoms with van der Waals surface area (Å²) in [6.07, 6.45) is 5.02. The van der Waals surface area contributed by atoms with Gasteiger partial charge in [-0.15, -0.1) is 0 Å². The minimum atomic E-state index is -3.71. The van der Waals surface area contributed by atoms with E-state index in [-0.39, 0.29) is 4.90 Å². The van der Waals surface area contributed by atoms with Gasteiger partial charge in [-0.25, -0.2) is 13.4 Å². The van der Waals surface area contributed by atoms with Gasteiger partial charge in [-0.05, 0) is 43.5 Å². The Morgan fingerprint density at radius 3 is 2.38 bits per heavy atom. The standard InChI is InChI=1S/C17H22BrN5O2S/c1-22(2)16-15(12-19-17(20-16)23-10-4-3-5-11-23)21-26(24,25)14-8-6-13(18)7-9-14/h6-9,12,21H,3-5,10-11H2,1-2H3. The fraction of sp³-hybridized carbons (Fsp3) is 0.412. The highest BCUT2D eigenvalue weighted by Crippen LogP contribution is 2.27. The number of halogens is 1. The van der Waals surface area contributed by atoms with E-state index in [0.717, 1.165) is 30.4 Å². The molecule has 2 aromatic rings. The largest absolute Gasteiger partial charge is 0.361 e. The highest BCUT2D eigenvalue weighted by atomic mass is 79.9. The predicted molar refractivity (Wildman–Crippen MR) is 107 cm³/mol. The molecule has 0 radical (unpaired) electrons. The first kappa shape index (κ1) is 18.9. The Bertz CT molecular complexity index is 865. The summed E-state index contributed by atoms with van der Waals surface area (Å²) in [5.41, 5.74) is 0.360. The Balaban J connectivity index is 1.90. The summed E-state index contributed by atoms with van der Waals surface area (Å²) in [4.78, 5) is 13.1. The molecule has 140 valence electrons. The Hall–Kier alpha value is -1.87. The zero-order valence-electron chi connectivity index (χ0n) is 14.8. The van der Waals surface area contributed by atoms with Crippen molar-refractivity contribution in [1.82, 2.24) is 9.97 Å². The third kappa shape index (κ3) is 4.27. The molecule has 1 N–H and O–H groups in total. The van der Waals surface area contributed by atoms with Crippen molar-refractivity contribution >= 4 is 43.4 Å². The second-order valence-electron chi connectivity index (χ2n) is 6.41. The van der Waals surface area contributed by atoms with E-state index >= 15 is 0 Å². The first-order valence-corrected chi connectivity index (χ1v) is 10.7.